The van der Waals surface area contributed by atoms with Crippen molar-refractivity contribution in [2.45, 2.75) is 38.4 Å². The Kier molecular flexibility index (Phi) is 7.30. The van der Waals surface area contributed by atoms with Crippen LogP contribution in [0, 0.1) is 5.92 Å². The zero-order valence-electron chi connectivity index (χ0n) is 14.3. The van der Waals surface area contributed by atoms with Crippen LogP contribution in [0.4, 0.5) is 0 Å². The zero-order valence-corrected chi connectivity index (χ0v) is 16.7. The van der Waals surface area contributed by atoms with E-state index < -0.39 is 0 Å². The van der Waals surface area contributed by atoms with Crippen LogP contribution in [0.5, 0.6) is 0 Å². The molecule has 2 aromatic rings. The monoisotopic (exact) mass is 410 g/mol. The van der Waals surface area contributed by atoms with Crippen molar-refractivity contribution in [3.63, 3.8) is 0 Å². The van der Waals surface area contributed by atoms with Crippen molar-refractivity contribution in [3.8, 4) is 0 Å². The number of benzene rings is 1. The Morgan fingerprint density at radius 2 is 2.08 bits per heavy atom. The maximum absolute atomic E-state index is 12.2. The van der Waals surface area contributed by atoms with Crippen LogP contribution >= 0.6 is 27.7 Å². The van der Waals surface area contributed by atoms with E-state index in [-0.39, 0.29) is 5.91 Å². The van der Waals surface area contributed by atoms with E-state index in [0.29, 0.717) is 18.0 Å². The van der Waals surface area contributed by atoms with Crippen LogP contribution in [0.2, 0.25) is 0 Å². The third-order valence-electron chi connectivity index (χ3n) is 3.50. The number of thioether (sulfide) groups is 1. The number of hydrogen-bond acceptors (Lipinski definition) is 4. The number of nitrogens with one attached hydrogen (secondary N) is 1. The second-order valence-corrected chi connectivity index (χ2v) is 7.57. The lowest BCUT2D eigenvalue weighted by Gasteiger charge is -2.12. The van der Waals surface area contributed by atoms with Gasteiger partial charge in [0.25, 0.3) is 5.91 Å². The first-order chi connectivity index (χ1) is 11.5. The van der Waals surface area contributed by atoms with Crippen molar-refractivity contribution < 1.29 is 4.79 Å². The number of halogens is 1. The van der Waals surface area contributed by atoms with E-state index in [2.05, 4.69) is 49.9 Å². The predicted octanol–water partition coefficient (Wildman–Crippen LogP) is 3.78. The van der Waals surface area contributed by atoms with Gasteiger partial charge in [0, 0.05) is 24.0 Å². The highest BCUT2D eigenvalue weighted by Crippen LogP contribution is 2.17. The second kappa shape index (κ2) is 9.22. The normalized spacial score (nSPS) is 11.0. The number of rotatable bonds is 8. The van der Waals surface area contributed by atoms with E-state index in [1.807, 2.05) is 30.5 Å². The number of aromatic nitrogens is 3. The molecule has 0 bridgehead atoms. The molecule has 130 valence electrons. The molecule has 0 unspecified atom stereocenters. The highest BCUT2D eigenvalue weighted by Gasteiger charge is 2.13. The summed E-state index contributed by atoms with van der Waals surface area (Å²) in [5, 5.41) is 12.5. The molecule has 1 aromatic heterocycles. The van der Waals surface area contributed by atoms with Crippen LogP contribution in [0.15, 0.2) is 33.9 Å². The Balaban J connectivity index is 1.87. The molecule has 0 aliphatic carbocycles. The molecule has 1 aromatic carbocycles. The predicted molar refractivity (Wildman–Crippen MR) is 101 cm³/mol. The summed E-state index contributed by atoms with van der Waals surface area (Å²) in [5.41, 5.74) is 0.658. The molecular formula is C17H23BrN4OS. The van der Waals surface area contributed by atoms with E-state index in [4.69, 9.17) is 0 Å². The van der Waals surface area contributed by atoms with Gasteiger partial charge >= 0.3 is 0 Å². The molecular weight excluding hydrogens is 388 g/mol. The fourth-order valence-corrected chi connectivity index (χ4v) is 3.38. The van der Waals surface area contributed by atoms with Crippen molar-refractivity contribution >= 4 is 33.6 Å². The molecule has 0 spiro atoms. The Morgan fingerprint density at radius 1 is 1.33 bits per heavy atom. The largest absolute Gasteiger partial charge is 0.352 e. The van der Waals surface area contributed by atoms with Crippen LogP contribution in [0.1, 0.15) is 36.5 Å². The maximum Gasteiger partial charge on any atom is 0.252 e. The van der Waals surface area contributed by atoms with Gasteiger partial charge in [-0.2, -0.15) is 0 Å². The molecule has 1 amide bonds. The van der Waals surface area contributed by atoms with Crippen LogP contribution in [-0.4, -0.2) is 33.5 Å². The second-order valence-electron chi connectivity index (χ2n) is 5.95. The Morgan fingerprint density at radius 3 is 2.75 bits per heavy atom. The van der Waals surface area contributed by atoms with Crippen LogP contribution in [-0.2, 0) is 13.0 Å². The molecule has 0 atom stereocenters. The third kappa shape index (κ3) is 5.08. The number of aryl methyl sites for hydroxylation is 1. The van der Waals surface area contributed by atoms with Gasteiger partial charge in [-0.15, -0.1) is 10.2 Å². The first-order valence-corrected chi connectivity index (χ1v) is 10.0. The van der Waals surface area contributed by atoms with Crippen molar-refractivity contribution in [1.29, 1.82) is 0 Å². The first kappa shape index (κ1) is 19.0. The summed E-state index contributed by atoms with van der Waals surface area (Å²) in [6, 6.07) is 7.43. The molecule has 0 saturated carbocycles. The van der Waals surface area contributed by atoms with Crippen molar-refractivity contribution in [2.75, 3.05) is 12.8 Å². The molecule has 0 aliphatic rings. The molecule has 0 saturated heterocycles. The maximum atomic E-state index is 12.2. The smallest absolute Gasteiger partial charge is 0.252 e. The number of carbonyl (C=O) groups excluding carboxylic acids is 1. The van der Waals surface area contributed by atoms with E-state index in [1.54, 1.807) is 11.8 Å². The molecule has 2 rings (SSSR count). The number of carbonyl (C=O) groups is 1. The first-order valence-electron chi connectivity index (χ1n) is 8.01. The van der Waals surface area contributed by atoms with Crippen LogP contribution in [0.25, 0.3) is 0 Å². The Labute approximate surface area is 155 Å². The van der Waals surface area contributed by atoms with Crippen molar-refractivity contribution in [2.24, 2.45) is 5.92 Å². The minimum Gasteiger partial charge on any atom is -0.352 e. The van der Waals surface area contributed by atoms with E-state index in [0.717, 1.165) is 34.8 Å². The summed E-state index contributed by atoms with van der Waals surface area (Å²) >= 11 is 5.02. The van der Waals surface area contributed by atoms with E-state index in [9.17, 15) is 4.79 Å². The number of amides is 1. The summed E-state index contributed by atoms with van der Waals surface area (Å²) in [4.78, 5) is 12.2. The molecule has 0 fully saturated rings. The summed E-state index contributed by atoms with van der Waals surface area (Å²) in [7, 11) is 0. The lowest BCUT2D eigenvalue weighted by Crippen LogP contribution is -2.25. The van der Waals surface area contributed by atoms with Crippen molar-refractivity contribution in [1.82, 2.24) is 20.1 Å². The SMILES string of the molecule is CSc1nnc(CCCNC(=O)c2ccccc2Br)n1CC(C)C. The van der Waals surface area contributed by atoms with Gasteiger partial charge < -0.3 is 9.88 Å². The van der Waals surface area contributed by atoms with E-state index in [1.165, 1.54) is 0 Å². The average Bonchev–Trinajstić information content (AvgIpc) is 2.93. The lowest BCUT2D eigenvalue weighted by molar-refractivity contribution is 0.0952. The topological polar surface area (TPSA) is 59.8 Å². The van der Waals surface area contributed by atoms with Crippen LogP contribution < -0.4 is 5.32 Å². The fraction of sp³-hybridized carbons (Fsp3) is 0.471. The quantitative estimate of drug-likeness (QED) is 0.531. The van der Waals surface area contributed by atoms with Gasteiger partial charge in [-0.25, -0.2) is 0 Å². The van der Waals surface area contributed by atoms with Gasteiger partial charge in [-0.3, -0.25) is 4.79 Å². The third-order valence-corrected chi connectivity index (χ3v) is 4.86. The molecule has 0 radical (unpaired) electrons. The Bertz CT molecular complexity index is 687. The molecule has 0 aliphatic heterocycles. The summed E-state index contributed by atoms with van der Waals surface area (Å²) in [6.45, 7) is 5.91. The Hall–Kier alpha value is -1.34. The molecule has 24 heavy (non-hydrogen) atoms. The standard InChI is InChI=1S/C17H23BrN4OS/c1-12(2)11-22-15(20-21-17(22)24-3)9-6-10-19-16(23)13-7-4-5-8-14(13)18/h4-5,7-8,12H,6,9-11H2,1-3H3,(H,19,23). The van der Waals surface area contributed by atoms with Gasteiger partial charge in [0.15, 0.2) is 5.16 Å². The summed E-state index contributed by atoms with van der Waals surface area (Å²) in [6.07, 6.45) is 3.65. The molecule has 1 heterocycles. The number of nitrogens with zero attached hydrogens (tertiary/aromatic N) is 3. The molecule has 5 nitrogen and oxygen atoms in total. The van der Waals surface area contributed by atoms with Gasteiger partial charge in [-0.1, -0.05) is 37.7 Å². The average molecular weight is 411 g/mol. The van der Waals surface area contributed by atoms with Crippen molar-refractivity contribution in [3.05, 3.63) is 40.1 Å². The lowest BCUT2D eigenvalue weighted by atomic mass is 10.2. The number of hydrogen-bond donors (Lipinski definition) is 1. The van der Waals surface area contributed by atoms with Gasteiger partial charge in [0.05, 0.1) is 5.56 Å². The molecule has 7 heteroatoms. The highest BCUT2D eigenvalue weighted by atomic mass is 79.9. The highest BCUT2D eigenvalue weighted by molar-refractivity contribution is 9.10. The summed E-state index contributed by atoms with van der Waals surface area (Å²) in [5.74, 6) is 1.47. The molecule has 1 N–H and O–H groups in total. The summed E-state index contributed by atoms with van der Waals surface area (Å²) < 4.78 is 2.99. The minimum atomic E-state index is -0.0593. The zero-order chi connectivity index (χ0) is 17.5. The van der Waals surface area contributed by atoms with Crippen LogP contribution in [0.3, 0.4) is 0 Å². The van der Waals surface area contributed by atoms with Gasteiger partial charge in [0.2, 0.25) is 0 Å². The minimum absolute atomic E-state index is 0.0593. The van der Waals surface area contributed by atoms with Gasteiger partial charge in [-0.05, 0) is 46.7 Å². The van der Waals surface area contributed by atoms with Gasteiger partial charge in [0.1, 0.15) is 5.82 Å². The fourth-order valence-electron chi connectivity index (χ4n) is 2.39. The van der Waals surface area contributed by atoms with E-state index >= 15 is 0 Å².